The van der Waals surface area contributed by atoms with E-state index in [9.17, 15) is 5.11 Å². The monoisotopic (exact) mass is 351 g/mol. The molecule has 0 aliphatic heterocycles. The Kier molecular flexibility index (Phi) is 4.15. The van der Waals surface area contributed by atoms with E-state index in [1.54, 1.807) is 12.4 Å². The summed E-state index contributed by atoms with van der Waals surface area (Å²) in [5.74, 6) is 0. The van der Waals surface area contributed by atoms with Gasteiger partial charge in [-0.1, -0.05) is 54.1 Å². The maximum atomic E-state index is 11.7. The molecule has 0 saturated carbocycles. The number of nitrogens with zero attached hydrogens (tertiary/aromatic N) is 3. The summed E-state index contributed by atoms with van der Waals surface area (Å²) in [6.07, 6.45) is 7.00. The first-order chi connectivity index (χ1) is 12.1. The van der Waals surface area contributed by atoms with Crippen molar-refractivity contribution in [3.63, 3.8) is 0 Å². The van der Waals surface area contributed by atoms with Crippen molar-refractivity contribution in [2.45, 2.75) is 25.0 Å². The van der Waals surface area contributed by atoms with Gasteiger partial charge in [-0.15, -0.1) is 0 Å². The minimum atomic E-state index is -1.13. The second-order valence-corrected chi connectivity index (χ2v) is 6.73. The zero-order valence-electron chi connectivity index (χ0n) is 13.6. The van der Waals surface area contributed by atoms with E-state index in [4.69, 9.17) is 11.6 Å². The van der Waals surface area contributed by atoms with E-state index in [0.717, 1.165) is 29.5 Å². The molecule has 0 saturated heterocycles. The summed E-state index contributed by atoms with van der Waals surface area (Å²) in [6, 6.07) is 15.7. The maximum absolute atomic E-state index is 11.7. The van der Waals surface area contributed by atoms with Gasteiger partial charge < -0.3 is 5.11 Å². The highest BCUT2D eigenvalue weighted by Gasteiger charge is 2.39. The topological polar surface area (TPSA) is 50.9 Å². The lowest BCUT2D eigenvalue weighted by Gasteiger charge is -2.36. The number of fused-ring (bicyclic) bond motifs is 1. The highest BCUT2D eigenvalue weighted by molar-refractivity contribution is 6.30. The van der Waals surface area contributed by atoms with Gasteiger partial charge in [-0.3, -0.25) is 0 Å². The molecule has 1 aromatic heterocycles. The van der Waals surface area contributed by atoms with E-state index >= 15 is 0 Å². The first-order valence-corrected chi connectivity index (χ1v) is 8.64. The van der Waals surface area contributed by atoms with Crippen molar-refractivity contribution in [3.05, 3.63) is 88.2 Å². The Balaban J connectivity index is 1.81. The van der Waals surface area contributed by atoms with E-state index in [2.05, 4.69) is 22.3 Å². The summed E-state index contributed by atoms with van der Waals surface area (Å²) in [7, 11) is 0. The van der Waals surface area contributed by atoms with E-state index in [0.29, 0.717) is 5.02 Å². The lowest BCUT2D eigenvalue weighted by molar-refractivity contribution is 0.0413. The van der Waals surface area contributed by atoms with Crippen LogP contribution in [-0.4, -0.2) is 20.1 Å². The fraction of sp³-hybridized carbons (Fsp3) is 0.200. The summed E-state index contributed by atoms with van der Waals surface area (Å²) in [5.41, 5.74) is 2.95. The van der Waals surface area contributed by atoms with Gasteiger partial charge in [0.25, 0.3) is 0 Å². The van der Waals surface area contributed by atoms with Crippen LogP contribution >= 0.6 is 11.6 Å². The van der Waals surface area contributed by atoms with Crippen molar-refractivity contribution in [1.82, 2.24) is 15.0 Å². The average molecular weight is 352 g/mol. The lowest BCUT2D eigenvalue weighted by atomic mass is 9.74. The van der Waals surface area contributed by atoms with Crippen LogP contribution in [0.4, 0.5) is 0 Å². The molecule has 4 nitrogen and oxygen atoms in total. The predicted molar refractivity (Wildman–Crippen MR) is 98.1 cm³/mol. The minimum Gasteiger partial charge on any atom is -0.379 e. The Morgan fingerprint density at radius 2 is 1.76 bits per heavy atom. The minimum absolute atomic E-state index is 0.288. The molecule has 1 heterocycles. The van der Waals surface area contributed by atoms with Crippen LogP contribution in [-0.2, 0) is 18.6 Å². The van der Waals surface area contributed by atoms with E-state index in [1.807, 2.05) is 42.5 Å². The lowest BCUT2D eigenvalue weighted by Crippen LogP contribution is -2.38. The van der Waals surface area contributed by atoms with Crippen molar-refractivity contribution in [3.8, 4) is 0 Å². The SMILES string of the molecule is O[C@]1(Cn2nccn2)/C(=C/c2ccc(Cl)cc2)CCc2ccccc21. The van der Waals surface area contributed by atoms with Crippen molar-refractivity contribution < 1.29 is 5.11 Å². The van der Waals surface area contributed by atoms with Gasteiger partial charge in [-0.05, 0) is 47.2 Å². The maximum Gasteiger partial charge on any atom is 0.132 e. The second kappa shape index (κ2) is 6.47. The second-order valence-electron chi connectivity index (χ2n) is 6.30. The van der Waals surface area contributed by atoms with Gasteiger partial charge in [0, 0.05) is 5.02 Å². The molecule has 1 N–H and O–H groups in total. The molecule has 1 aliphatic carbocycles. The first-order valence-electron chi connectivity index (χ1n) is 8.27. The molecule has 1 atom stereocenters. The predicted octanol–water partition coefficient (Wildman–Crippen LogP) is 3.85. The van der Waals surface area contributed by atoms with Gasteiger partial charge in [0.05, 0.1) is 18.9 Å². The van der Waals surface area contributed by atoms with E-state index < -0.39 is 5.60 Å². The fourth-order valence-electron chi connectivity index (χ4n) is 3.46. The Morgan fingerprint density at radius 1 is 1.04 bits per heavy atom. The number of aliphatic hydroxyl groups is 1. The molecule has 126 valence electrons. The van der Waals surface area contributed by atoms with Gasteiger partial charge in [-0.25, -0.2) is 0 Å². The summed E-state index contributed by atoms with van der Waals surface area (Å²) >= 11 is 5.98. The summed E-state index contributed by atoms with van der Waals surface area (Å²) in [6.45, 7) is 0.288. The van der Waals surface area contributed by atoms with Gasteiger partial charge in [0.15, 0.2) is 0 Å². The number of rotatable bonds is 3. The van der Waals surface area contributed by atoms with E-state index in [1.165, 1.54) is 10.4 Å². The molecule has 0 fully saturated rings. The summed E-state index contributed by atoms with van der Waals surface area (Å²) in [5, 5.41) is 20.7. The van der Waals surface area contributed by atoms with Crippen LogP contribution in [0.15, 0.2) is 66.5 Å². The van der Waals surface area contributed by atoms with Crippen LogP contribution in [0, 0.1) is 0 Å². The third-order valence-corrected chi connectivity index (χ3v) is 4.96. The molecule has 0 spiro atoms. The van der Waals surface area contributed by atoms with Gasteiger partial charge in [-0.2, -0.15) is 15.0 Å². The summed E-state index contributed by atoms with van der Waals surface area (Å²) in [4.78, 5) is 1.54. The van der Waals surface area contributed by atoms with Crippen LogP contribution in [0.5, 0.6) is 0 Å². The Morgan fingerprint density at radius 3 is 2.52 bits per heavy atom. The third kappa shape index (κ3) is 3.11. The quantitative estimate of drug-likeness (QED) is 0.779. The van der Waals surface area contributed by atoms with Crippen molar-refractivity contribution in [1.29, 1.82) is 0 Å². The van der Waals surface area contributed by atoms with Crippen LogP contribution in [0.25, 0.3) is 6.08 Å². The Bertz CT molecular complexity index is 903. The van der Waals surface area contributed by atoms with Crippen LogP contribution in [0.3, 0.4) is 0 Å². The molecule has 0 bridgehead atoms. The average Bonchev–Trinajstić information content (AvgIpc) is 3.12. The van der Waals surface area contributed by atoms with Gasteiger partial charge >= 0.3 is 0 Å². The molecule has 3 aromatic rings. The highest BCUT2D eigenvalue weighted by Crippen LogP contribution is 2.41. The molecule has 5 heteroatoms. The van der Waals surface area contributed by atoms with Crippen molar-refractivity contribution >= 4 is 17.7 Å². The third-order valence-electron chi connectivity index (χ3n) is 4.71. The van der Waals surface area contributed by atoms with Gasteiger partial charge in [0.2, 0.25) is 0 Å². The molecule has 4 rings (SSSR count). The zero-order chi connectivity index (χ0) is 17.3. The fourth-order valence-corrected chi connectivity index (χ4v) is 3.59. The molecule has 25 heavy (non-hydrogen) atoms. The molecular formula is C20H18ClN3O. The number of aromatic nitrogens is 3. The van der Waals surface area contributed by atoms with Crippen molar-refractivity contribution in [2.24, 2.45) is 0 Å². The Hall–Kier alpha value is -2.43. The van der Waals surface area contributed by atoms with E-state index in [-0.39, 0.29) is 6.54 Å². The van der Waals surface area contributed by atoms with Crippen LogP contribution < -0.4 is 0 Å². The number of halogens is 1. The van der Waals surface area contributed by atoms with Crippen molar-refractivity contribution in [2.75, 3.05) is 0 Å². The molecular weight excluding hydrogens is 334 g/mol. The first kappa shape index (κ1) is 16.1. The highest BCUT2D eigenvalue weighted by atomic mass is 35.5. The molecule has 0 radical (unpaired) electrons. The van der Waals surface area contributed by atoms with Crippen LogP contribution in [0.1, 0.15) is 23.1 Å². The normalized spacial score (nSPS) is 21.3. The number of aryl methyl sites for hydroxylation is 1. The number of hydrogen-bond donors (Lipinski definition) is 1. The molecule has 2 aromatic carbocycles. The summed E-state index contributed by atoms with van der Waals surface area (Å²) < 4.78 is 0. The molecule has 1 aliphatic rings. The molecule has 0 unspecified atom stereocenters. The Labute approximate surface area is 151 Å². The van der Waals surface area contributed by atoms with Crippen LogP contribution in [0.2, 0.25) is 5.02 Å². The number of benzene rings is 2. The largest absolute Gasteiger partial charge is 0.379 e. The number of hydrogen-bond acceptors (Lipinski definition) is 3. The smallest absolute Gasteiger partial charge is 0.132 e. The standard InChI is InChI=1S/C20H18ClN3O/c21-18-9-5-15(6-10-18)13-17-8-7-16-3-1-2-4-19(16)20(17,25)14-24-22-11-12-23-24/h1-6,9-13,25H,7-8,14H2/b17-13+/t20-/m1/s1. The molecule has 0 amide bonds. The zero-order valence-corrected chi connectivity index (χ0v) is 14.4. The van der Waals surface area contributed by atoms with Gasteiger partial charge in [0.1, 0.15) is 5.60 Å².